The number of nitrogens with two attached hydrogens (primary N) is 1. The van der Waals surface area contributed by atoms with Gasteiger partial charge in [-0.1, -0.05) is 12.1 Å². The molecular weight excluding hydrogens is 431 g/mol. The van der Waals surface area contributed by atoms with Crippen molar-refractivity contribution in [1.82, 2.24) is 20.2 Å². The number of primary amides is 1. The van der Waals surface area contributed by atoms with E-state index in [4.69, 9.17) is 15.6 Å². The first-order valence-corrected chi connectivity index (χ1v) is 9.19. The Hall–Kier alpha value is -3.93. The fourth-order valence-corrected chi connectivity index (χ4v) is 2.93. The van der Waals surface area contributed by atoms with Gasteiger partial charge in [0.2, 0.25) is 5.91 Å². The zero-order valence-corrected chi connectivity index (χ0v) is 16.4. The second-order valence-electron chi connectivity index (χ2n) is 6.96. The largest absolute Gasteiger partial charge is 0.490 e. The van der Waals surface area contributed by atoms with Gasteiger partial charge in [0, 0.05) is 24.3 Å². The molecule has 1 fully saturated rings. The molecule has 4 rings (SSSR count). The topological polar surface area (TPSA) is 139 Å². The number of benzene rings is 2. The summed E-state index contributed by atoms with van der Waals surface area (Å²) < 4.78 is 33.7. The average Bonchev–Trinajstić information content (AvgIpc) is 3.14. The molecule has 1 aliphatic rings. The van der Waals surface area contributed by atoms with Crippen LogP contribution in [0, 0.1) is 0 Å². The lowest BCUT2D eigenvalue weighted by atomic mass is 9.91. The Balaban J connectivity index is 0.000000360. The zero-order valence-electron chi connectivity index (χ0n) is 16.4. The predicted molar refractivity (Wildman–Crippen MR) is 107 cm³/mol. The van der Waals surface area contributed by atoms with Crippen LogP contribution in [0.5, 0.6) is 0 Å². The molecule has 2 amide bonds. The highest BCUT2D eigenvalue weighted by Gasteiger charge is 2.44. The third-order valence-corrected chi connectivity index (χ3v) is 4.78. The normalized spacial score (nSPS) is 14.6. The van der Waals surface area contributed by atoms with Crippen LogP contribution in [-0.2, 0) is 9.59 Å². The summed E-state index contributed by atoms with van der Waals surface area (Å²) in [5.41, 5.74) is 7.68. The highest BCUT2D eigenvalue weighted by Crippen LogP contribution is 2.19. The van der Waals surface area contributed by atoms with E-state index >= 15 is 0 Å². The number of fused-ring (bicyclic) bond motifs is 1. The zero-order chi connectivity index (χ0) is 23.5. The molecule has 9 nitrogen and oxygen atoms in total. The molecule has 0 atom stereocenters. The van der Waals surface area contributed by atoms with E-state index in [-0.39, 0.29) is 5.91 Å². The lowest BCUT2D eigenvalue weighted by Crippen LogP contribution is -2.74. The number of aliphatic carboxylic acids is 1. The fourth-order valence-electron chi connectivity index (χ4n) is 2.93. The van der Waals surface area contributed by atoms with E-state index in [1.165, 1.54) is 0 Å². The summed E-state index contributed by atoms with van der Waals surface area (Å²) in [4.78, 5) is 37.2. The van der Waals surface area contributed by atoms with Crippen LogP contribution in [0.2, 0.25) is 0 Å². The molecule has 168 valence electrons. The van der Waals surface area contributed by atoms with Crippen molar-refractivity contribution in [1.29, 1.82) is 0 Å². The number of hydrogen-bond acceptors (Lipinski definition) is 5. The van der Waals surface area contributed by atoms with Crippen molar-refractivity contribution < 1.29 is 32.7 Å². The SMILES string of the molecule is NC(=O)C1(NC(=O)c2ccc(-n3cnc4ccccc43)cc2)CNC1.O=C(O)C(F)(F)F. The average molecular weight is 449 g/mol. The van der Waals surface area contributed by atoms with E-state index in [0.717, 1.165) is 16.7 Å². The van der Waals surface area contributed by atoms with Gasteiger partial charge in [0.25, 0.3) is 5.91 Å². The number of carboxylic acid groups (broad SMARTS) is 1. The summed E-state index contributed by atoms with van der Waals surface area (Å²) in [6, 6.07) is 15.0. The van der Waals surface area contributed by atoms with Gasteiger partial charge >= 0.3 is 12.1 Å². The van der Waals surface area contributed by atoms with Crippen LogP contribution in [-0.4, -0.2) is 57.2 Å². The van der Waals surface area contributed by atoms with Crippen molar-refractivity contribution in [2.24, 2.45) is 5.73 Å². The van der Waals surface area contributed by atoms with Crippen molar-refractivity contribution in [2.75, 3.05) is 13.1 Å². The molecule has 3 aromatic rings. The van der Waals surface area contributed by atoms with Crippen LogP contribution < -0.4 is 16.4 Å². The molecule has 2 heterocycles. The Morgan fingerprint density at radius 2 is 1.69 bits per heavy atom. The number of imidazole rings is 1. The number of halogens is 3. The second-order valence-corrected chi connectivity index (χ2v) is 6.96. The number of para-hydroxylation sites is 2. The molecule has 12 heteroatoms. The monoisotopic (exact) mass is 449 g/mol. The van der Waals surface area contributed by atoms with E-state index in [2.05, 4.69) is 15.6 Å². The van der Waals surface area contributed by atoms with Crippen molar-refractivity contribution >= 4 is 28.8 Å². The van der Waals surface area contributed by atoms with Crippen molar-refractivity contribution in [2.45, 2.75) is 11.7 Å². The van der Waals surface area contributed by atoms with E-state index in [9.17, 15) is 22.8 Å². The Labute approximate surface area is 179 Å². The van der Waals surface area contributed by atoms with Gasteiger partial charge in [0.15, 0.2) is 0 Å². The number of rotatable bonds is 4. The van der Waals surface area contributed by atoms with Gasteiger partial charge in [-0.05, 0) is 36.4 Å². The summed E-state index contributed by atoms with van der Waals surface area (Å²) in [6.07, 6.45) is -3.33. The molecule has 2 aromatic carbocycles. The van der Waals surface area contributed by atoms with Gasteiger partial charge in [-0.3, -0.25) is 14.2 Å². The molecule has 1 aliphatic heterocycles. The van der Waals surface area contributed by atoms with E-state index in [0.29, 0.717) is 18.7 Å². The van der Waals surface area contributed by atoms with Crippen LogP contribution in [0.1, 0.15) is 10.4 Å². The second kappa shape index (κ2) is 8.67. The molecule has 0 saturated carbocycles. The highest BCUT2D eigenvalue weighted by atomic mass is 19.4. The van der Waals surface area contributed by atoms with Gasteiger partial charge in [-0.25, -0.2) is 9.78 Å². The van der Waals surface area contributed by atoms with Crippen LogP contribution in [0.15, 0.2) is 54.9 Å². The van der Waals surface area contributed by atoms with Gasteiger partial charge in [0.05, 0.1) is 11.0 Å². The number of amides is 2. The Bertz CT molecular complexity index is 1150. The van der Waals surface area contributed by atoms with Crippen LogP contribution >= 0.6 is 0 Å². The molecule has 32 heavy (non-hydrogen) atoms. The molecule has 0 unspecified atom stereocenters. The maximum Gasteiger partial charge on any atom is 0.490 e. The molecule has 0 spiro atoms. The fraction of sp³-hybridized carbons (Fsp3) is 0.200. The minimum absolute atomic E-state index is 0.317. The Kier molecular flexibility index (Phi) is 6.16. The number of aromatic nitrogens is 2. The molecule has 0 radical (unpaired) electrons. The molecule has 5 N–H and O–H groups in total. The molecule has 0 bridgehead atoms. The lowest BCUT2D eigenvalue weighted by molar-refractivity contribution is -0.192. The first kappa shape index (κ1) is 22.7. The molecule has 1 aromatic heterocycles. The molecule has 1 saturated heterocycles. The highest BCUT2D eigenvalue weighted by molar-refractivity contribution is 5.99. The third kappa shape index (κ3) is 4.70. The first-order valence-electron chi connectivity index (χ1n) is 9.19. The number of carbonyl (C=O) groups is 3. The maximum absolute atomic E-state index is 12.4. The summed E-state index contributed by atoms with van der Waals surface area (Å²) in [5, 5.41) is 12.8. The van der Waals surface area contributed by atoms with E-state index in [1.54, 1.807) is 18.5 Å². The van der Waals surface area contributed by atoms with Gasteiger partial charge < -0.3 is 21.5 Å². The lowest BCUT2D eigenvalue weighted by Gasteiger charge is -2.40. The number of alkyl halides is 3. The van der Waals surface area contributed by atoms with Gasteiger partial charge in [0.1, 0.15) is 11.9 Å². The minimum Gasteiger partial charge on any atom is -0.475 e. The summed E-state index contributed by atoms with van der Waals surface area (Å²) >= 11 is 0. The number of hydrogen-bond donors (Lipinski definition) is 4. The molecular formula is C20H18F3N5O4. The predicted octanol–water partition coefficient (Wildman–Crippen LogP) is 1.22. The smallest absolute Gasteiger partial charge is 0.475 e. The summed E-state index contributed by atoms with van der Waals surface area (Å²) in [5.74, 6) is -3.60. The van der Waals surface area contributed by atoms with Crippen molar-refractivity contribution in [3.8, 4) is 5.69 Å². The van der Waals surface area contributed by atoms with Crippen LogP contribution in [0.4, 0.5) is 13.2 Å². The van der Waals surface area contributed by atoms with Gasteiger partial charge in [-0.15, -0.1) is 0 Å². The van der Waals surface area contributed by atoms with E-state index in [1.807, 2.05) is 41.0 Å². The first-order chi connectivity index (χ1) is 15.0. The Morgan fingerprint density at radius 3 is 2.19 bits per heavy atom. The summed E-state index contributed by atoms with van der Waals surface area (Å²) in [7, 11) is 0. The quantitative estimate of drug-likeness (QED) is 0.472. The maximum atomic E-state index is 12.4. The van der Waals surface area contributed by atoms with Crippen molar-refractivity contribution in [3.63, 3.8) is 0 Å². The third-order valence-electron chi connectivity index (χ3n) is 4.78. The van der Waals surface area contributed by atoms with Crippen molar-refractivity contribution in [3.05, 3.63) is 60.4 Å². The van der Waals surface area contributed by atoms with Gasteiger partial charge in [-0.2, -0.15) is 13.2 Å². The number of carboxylic acids is 1. The standard InChI is InChI=1S/C18H17N5O2.C2HF3O2/c19-17(25)18(9-20-10-18)22-16(24)12-5-7-13(8-6-12)23-11-21-14-3-1-2-4-15(14)23;3-2(4,5)1(6)7/h1-8,11,20H,9-10H2,(H2,19,25)(H,22,24);(H,6,7). The Morgan fingerprint density at radius 1 is 1.09 bits per heavy atom. The summed E-state index contributed by atoms with van der Waals surface area (Å²) in [6.45, 7) is 0.709. The minimum atomic E-state index is -5.08. The van der Waals surface area contributed by atoms with Crippen LogP contribution in [0.3, 0.4) is 0 Å². The number of carbonyl (C=O) groups excluding carboxylic acids is 2. The number of nitrogens with one attached hydrogen (secondary N) is 2. The molecule has 0 aliphatic carbocycles. The number of nitrogens with zero attached hydrogens (tertiary/aromatic N) is 2. The van der Waals surface area contributed by atoms with Crippen LogP contribution in [0.25, 0.3) is 16.7 Å². The van der Waals surface area contributed by atoms with E-state index < -0.39 is 23.6 Å².